The van der Waals surface area contributed by atoms with Gasteiger partial charge in [0.05, 0.1) is 4.90 Å². The van der Waals surface area contributed by atoms with E-state index in [0.29, 0.717) is 18.2 Å². The standard InChI is InChI=1S/C10H11F5N2O2S/c11-8-2-1-7(5-9(8)12)20(18,19)17(4-3-16)6-10(13,14)15/h1-2,5H,3-4,6,16H2. The Kier molecular flexibility index (Phi) is 5.05. The number of nitrogens with zero attached hydrogens (tertiary/aromatic N) is 1. The predicted molar refractivity (Wildman–Crippen MR) is 60.2 cm³/mol. The van der Waals surface area contributed by atoms with Crippen molar-refractivity contribution in [3.05, 3.63) is 29.8 Å². The van der Waals surface area contributed by atoms with Crippen molar-refractivity contribution >= 4 is 10.0 Å². The molecular weight excluding hydrogens is 307 g/mol. The Bertz CT molecular complexity index is 574. The molecule has 20 heavy (non-hydrogen) atoms. The van der Waals surface area contributed by atoms with E-state index >= 15 is 0 Å². The summed E-state index contributed by atoms with van der Waals surface area (Å²) >= 11 is 0. The Morgan fingerprint density at radius 1 is 1.15 bits per heavy atom. The van der Waals surface area contributed by atoms with Crippen LogP contribution in [0.4, 0.5) is 22.0 Å². The van der Waals surface area contributed by atoms with Gasteiger partial charge in [0.1, 0.15) is 6.54 Å². The van der Waals surface area contributed by atoms with Crippen molar-refractivity contribution in [2.24, 2.45) is 5.73 Å². The minimum atomic E-state index is -4.78. The SMILES string of the molecule is NCCN(CC(F)(F)F)S(=O)(=O)c1ccc(F)c(F)c1. The number of nitrogens with two attached hydrogens (primary N) is 1. The van der Waals surface area contributed by atoms with Crippen molar-refractivity contribution in [3.8, 4) is 0 Å². The van der Waals surface area contributed by atoms with Gasteiger partial charge in [-0.2, -0.15) is 17.5 Å². The van der Waals surface area contributed by atoms with Gasteiger partial charge in [0.15, 0.2) is 11.6 Å². The lowest BCUT2D eigenvalue weighted by atomic mass is 10.3. The predicted octanol–water partition coefficient (Wildman–Crippen LogP) is 1.48. The summed E-state index contributed by atoms with van der Waals surface area (Å²) in [4.78, 5) is -0.769. The van der Waals surface area contributed by atoms with Crippen molar-refractivity contribution in [2.45, 2.75) is 11.1 Å². The van der Waals surface area contributed by atoms with Gasteiger partial charge in [-0.15, -0.1) is 0 Å². The second-order valence-corrected chi connectivity index (χ2v) is 5.76. The van der Waals surface area contributed by atoms with Gasteiger partial charge in [0.2, 0.25) is 10.0 Å². The molecular formula is C10H11F5N2O2S. The molecule has 0 aliphatic rings. The van der Waals surface area contributed by atoms with Crippen LogP contribution in [0.5, 0.6) is 0 Å². The molecule has 1 rings (SSSR count). The molecule has 0 bridgehead atoms. The van der Waals surface area contributed by atoms with Crippen LogP contribution < -0.4 is 5.73 Å². The zero-order valence-corrected chi connectivity index (χ0v) is 10.8. The van der Waals surface area contributed by atoms with E-state index in [4.69, 9.17) is 5.73 Å². The summed E-state index contributed by atoms with van der Waals surface area (Å²) in [5.74, 6) is -2.77. The molecule has 4 nitrogen and oxygen atoms in total. The average Bonchev–Trinajstić information content (AvgIpc) is 2.30. The van der Waals surface area contributed by atoms with Crippen LogP contribution in [0.15, 0.2) is 23.1 Å². The number of halogens is 5. The van der Waals surface area contributed by atoms with Crippen molar-refractivity contribution in [2.75, 3.05) is 19.6 Å². The van der Waals surface area contributed by atoms with Crippen LogP contribution in [0.2, 0.25) is 0 Å². The molecule has 0 atom stereocenters. The van der Waals surface area contributed by atoms with Crippen LogP contribution >= 0.6 is 0 Å². The van der Waals surface area contributed by atoms with Gasteiger partial charge >= 0.3 is 6.18 Å². The van der Waals surface area contributed by atoms with Gasteiger partial charge < -0.3 is 5.73 Å². The molecule has 0 heterocycles. The van der Waals surface area contributed by atoms with E-state index in [-0.39, 0.29) is 10.8 Å². The van der Waals surface area contributed by atoms with Gasteiger partial charge in [0, 0.05) is 13.1 Å². The third-order valence-electron chi connectivity index (χ3n) is 2.26. The summed E-state index contributed by atoms with van der Waals surface area (Å²) in [6.45, 7) is -2.70. The summed E-state index contributed by atoms with van der Waals surface area (Å²) in [6, 6.07) is 1.54. The first kappa shape index (κ1) is 16.8. The maximum absolute atomic E-state index is 13.0. The van der Waals surface area contributed by atoms with Gasteiger partial charge in [-0.1, -0.05) is 0 Å². The Hall–Kier alpha value is -1.26. The van der Waals surface area contributed by atoms with E-state index in [1.54, 1.807) is 0 Å². The lowest BCUT2D eigenvalue weighted by Crippen LogP contribution is -2.41. The topological polar surface area (TPSA) is 63.4 Å². The zero-order chi connectivity index (χ0) is 15.6. The van der Waals surface area contributed by atoms with E-state index < -0.39 is 45.8 Å². The Morgan fingerprint density at radius 3 is 2.20 bits per heavy atom. The monoisotopic (exact) mass is 318 g/mol. The fraction of sp³-hybridized carbons (Fsp3) is 0.400. The molecule has 1 aromatic rings. The smallest absolute Gasteiger partial charge is 0.329 e. The number of alkyl halides is 3. The molecule has 10 heteroatoms. The fourth-order valence-corrected chi connectivity index (χ4v) is 2.87. The number of benzene rings is 1. The Balaban J connectivity index is 3.18. The van der Waals surface area contributed by atoms with Crippen molar-refractivity contribution < 1.29 is 30.4 Å². The normalized spacial score (nSPS) is 12.9. The van der Waals surface area contributed by atoms with Gasteiger partial charge in [0.25, 0.3) is 0 Å². The van der Waals surface area contributed by atoms with Crippen LogP contribution in [-0.4, -0.2) is 38.5 Å². The Labute approximate surface area is 112 Å². The summed E-state index contributed by atoms with van der Waals surface area (Å²) in [5.41, 5.74) is 5.07. The highest BCUT2D eigenvalue weighted by molar-refractivity contribution is 7.89. The second-order valence-electron chi connectivity index (χ2n) is 3.82. The Morgan fingerprint density at radius 2 is 1.75 bits per heavy atom. The quantitative estimate of drug-likeness (QED) is 0.837. The van der Waals surface area contributed by atoms with Crippen LogP contribution in [0.25, 0.3) is 0 Å². The third kappa shape index (κ3) is 4.12. The molecule has 2 N–H and O–H groups in total. The van der Waals surface area contributed by atoms with Crippen molar-refractivity contribution in [3.63, 3.8) is 0 Å². The van der Waals surface area contributed by atoms with Crippen LogP contribution in [0, 0.1) is 11.6 Å². The van der Waals surface area contributed by atoms with E-state index in [1.807, 2.05) is 0 Å². The number of sulfonamides is 1. The first-order chi connectivity index (χ1) is 9.08. The second kappa shape index (κ2) is 6.02. The van der Waals surface area contributed by atoms with E-state index in [1.165, 1.54) is 0 Å². The average molecular weight is 318 g/mol. The van der Waals surface area contributed by atoms with Crippen LogP contribution in [0.3, 0.4) is 0 Å². The van der Waals surface area contributed by atoms with E-state index in [0.717, 1.165) is 0 Å². The molecule has 0 saturated carbocycles. The molecule has 0 radical (unpaired) electrons. The lowest BCUT2D eigenvalue weighted by molar-refractivity contribution is -0.136. The molecule has 0 aromatic heterocycles. The zero-order valence-electron chi connectivity index (χ0n) is 9.99. The fourth-order valence-electron chi connectivity index (χ4n) is 1.41. The molecule has 0 fully saturated rings. The maximum atomic E-state index is 13.0. The van der Waals surface area contributed by atoms with Crippen LogP contribution in [-0.2, 0) is 10.0 Å². The van der Waals surface area contributed by atoms with Gasteiger partial charge in [-0.3, -0.25) is 0 Å². The lowest BCUT2D eigenvalue weighted by Gasteiger charge is -2.22. The minimum absolute atomic E-state index is 0.0691. The molecule has 114 valence electrons. The molecule has 1 aromatic carbocycles. The summed E-state index contributed by atoms with van der Waals surface area (Å²) in [6.07, 6.45) is -4.78. The molecule has 0 amide bonds. The maximum Gasteiger partial charge on any atom is 0.402 e. The van der Waals surface area contributed by atoms with E-state index in [2.05, 4.69) is 0 Å². The first-order valence-electron chi connectivity index (χ1n) is 5.30. The molecule has 0 spiro atoms. The molecule has 0 aliphatic heterocycles. The largest absolute Gasteiger partial charge is 0.402 e. The summed E-state index contributed by atoms with van der Waals surface area (Å²) in [5, 5.41) is 0. The van der Waals surface area contributed by atoms with E-state index in [9.17, 15) is 30.4 Å². The highest BCUT2D eigenvalue weighted by Gasteiger charge is 2.36. The molecule has 0 aliphatic carbocycles. The third-order valence-corrected chi connectivity index (χ3v) is 4.10. The number of hydrogen-bond donors (Lipinski definition) is 1. The number of rotatable bonds is 5. The highest BCUT2D eigenvalue weighted by atomic mass is 32.2. The summed E-state index contributed by atoms with van der Waals surface area (Å²) < 4.78 is 86.7. The molecule has 0 unspecified atom stereocenters. The minimum Gasteiger partial charge on any atom is -0.329 e. The first-order valence-corrected chi connectivity index (χ1v) is 6.74. The van der Waals surface area contributed by atoms with Crippen molar-refractivity contribution in [1.29, 1.82) is 0 Å². The summed E-state index contributed by atoms with van der Waals surface area (Å²) in [7, 11) is -4.61. The van der Waals surface area contributed by atoms with Crippen molar-refractivity contribution in [1.82, 2.24) is 4.31 Å². The van der Waals surface area contributed by atoms with Crippen LogP contribution in [0.1, 0.15) is 0 Å². The van der Waals surface area contributed by atoms with Gasteiger partial charge in [-0.05, 0) is 18.2 Å². The number of hydrogen-bond acceptors (Lipinski definition) is 3. The van der Waals surface area contributed by atoms with Gasteiger partial charge in [-0.25, -0.2) is 17.2 Å². The molecule has 0 saturated heterocycles. The highest BCUT2D eigenvalue weighted by Crippen LogP contribution is 2.23.